The minimum Gasteiger partial charge on any atom is -0.398 e. The Kier molecular flexibility index (Phi) is 4.09. The summed E-state index contributed by atoms with van der Waals surface area (Å²) in [5, 5.41) is 2.56. The summed E-state index contributed by atoms with van der Waals surface area (Å²) in [5.74, 6) is -0.870. The summed E-state index contributed by atoms with van der Waals surface area (Å²) in [7, 11) is 0. The predicted molar refractivity (Wildman–Crippen MR) is 82.4 cm³/mol. The molecule has 0 aliphatic heterocycles. The second-order valence-electron chi connectivity index (χ2n) is 4.60. The third-order valence-electron chi connectivity index (χ3n) is 3.03. The van der Waals surface area contributed by atoms with E-state index in [-0.39, 0.29) is 11.6 Å². The van der Waals surface area contributed by atoms with E-state index in [2.05, 4.69) is 21.2 Å². The summed E-state index contributed by atoms with van der Waals surface area (Å²) in [5.41, 5.74) is 8.62. The number of hydrogen-bond acceptors (Lipinski definition) is 2. The Morgan fingerprint density at radius 2 is 1.90 bits per heavy atom. The SMILES string of the molecule is Cc1cc(C)c(C(=O)Nc2cc(Br)ccc2F)cc1N. The summed E-state index contributed by atoms with van der Waals surface area (Å²) < 4.78 is 14.3. The molecule has 0 unspecified atom stereocenters. The van der Waals surface area contributed by atoms with Crippen molar-refractivity contribution in [3.8, 4) is 0 Å². The topological polar surface area (TPSA) is 55.1 Å². The van der Waals surface area contributed by atoms with E-state index in [0.717, 1.165) is 11.1 Å². The van der Waals surface area contributed by atoms with Gasteiger partial charge < -0.3 is 11.1 Å². The maximum atomic E-state index is 13.6. The van der Waals surface area contributed by atoms with Crippen LogP contribution in [0.25, 0.3) is 0 Å². The maximum absolute atomic E-state index is 13.6. The minimum atomic E-state index is -0.487. The second kappa shape index (κ2) is 5.63. The van der Waals surface area contributed by atoms with Gasteiger partial charge in [-0.3, -0.25) is 4.79 Å². The van der Waals surface area contributed by atoms with Gasteiger partial charge in [-0.1, -0.05) is 22.0 Å². The number of nitrogens with one attached hydrogen (secondary N) is 1. The molecule has 2 rings (SSSR count). The summed E-state index contributed by atoms with van der Waals surface area (Å²) in [6, 6.07) is 7.81. The first-order valence-corrected chi connectivity index (χ1v) is 6.81. The van der Waals surface area contributed by atoms with E-state index >= 15 is 0 Å². The fourth-order valence-corrected chi connectivity index (χ4v) is 2.26. The van der Waals surface area contributed by atoms with E-state index in [1.165, 1.54) is 12.1 Å². The number of anilines is 2. The molecule has 0 aromatic heterocycles. The average Bonchev–Trinajstić information content (AvgIpc) is 2.38. The Morgan fingerprint density at radius 1 is 1.20 bits per heavy atom. The molecule has 0 saturated carbocycles. The normalized spacial score (nSPS) is 10.4. The van der Waals surface area contributed by atoms with Gasteiger partial charge in [0.15, 0.2) is 0 Å². The fraction of sp³-hybridized carbons (Fsp3) is 0.133. The van der Waals surface area contributed by atoms with Gasteiger partial charge in [-0.25, -0.2) is 4.39 Å². The number of rotatable bonds is 2. The van der Waals surface area contributed by atoms with E-state index in [0.29, 0.717) is 15.7 Å². The molecule has 1 amide bonds. The Balaban J connectivity index is 2.33. The zero-order valence-corrected chi connectivity index (χ0v) is 12.7. The standard InChI is InChI=1S/C15H14BrFN2O/c1-8-5-9(2)13(18)7-11(8)15(20)19-14-6-10(16)3-4-12(14)17/h3-7H,18H2,1-2H3,(H,19,20). The van der Waals surface area contributed by atoms with E-state index < -0.39 is 5.82 Å². The van der Waals surface area contributed by atoms with Crippen LogP contribution in [0.3, 0.4) is 0 Å². The second-order valence-corrected chi connectivity index (χ2v) is 5.52. The highest BCUT2D eigenvalue weighted by atomic mass is 79.9. The number of carbonyl (C=O) groups is 1. The number of aryl methyl sites for hydroxylation is 2. The Bertz CT molecular complexity index is 686. The molecular weight excluding hydrogens is 323 g/mol. The molecule has 0 aliphatic rings. The first-order valence-electron chi connectivity index (χ1n) is 6.01. The number of amides is 1. The molecule has 0 atom stereocenters. The largest absolute Gasteiger partial charge is 0.398 e. The highest BCUT2D eigenvalue weighted by molar-refractivity contribution is 9.10. The first kappa shape index (κ1) is 14.5. The van der Waals surface area contributed by atoms with E-state index in [1.54, 1.807) is 12.1 Å². The Hall–Kier alpha value is -1.88. The van der Waals surface area contributed by atoms with Gasteiger partial charge in [0.1, 0.15) is 5.82 Å². The van der Waals surface area contributed by atoms with Gasteiger partial charge in [0.2, 0.25) is 0 Å². The van der Waals surface area contributed by atoms with Crippen molar-refractivity contribution in [3.05, 3.63) is 57.3 Å². The molecule has 0 fully saturated rings. The van der Waals surface area contributed by atoms with Crippen LogP contribution >= 0.6 is 15.9 Å². The molecule has 0 heterocycles. The van der Waals surface area contributed by atoms with E-state index in [1.807, 2.05) is 19.9 Å². The lowest BCUT2D eigenvalue weighted by molar-refractivity contribution is 0.102. The number of hydrogen-bond donors (Lipinski definition) is 2. The lowest BCUT2D eigenvalue weighted by Gasteiger charge is -2.11. The number of carbonyl (C=O) groups excluding carboxylic acids is 1. The molecule has 0 aliphatic carbocycles. The number of nitrogen functional groups attached to an aromatic ring is 1. The van der Waals surface area contributed by atoms with Gasteiger partial charge >= 0.3 is 0 Å². The molecule has 0 spiro atoms. The van der Waals surface area contributed by atoms with Crippen LogP contribution < -0.4 is 11.1 Å². The first-order chi connectivity index (χ1) is 9.38. The lowest BCUT2D eigenvalue weighted by Crippen LogP contribution is -2.15. The predicted octanol–water partition coefficient (Wildman–Crippen LogP) is 4.04. The van der Waals surface area contributed by atoms with Crippen molar-refractivity contribution in [1.82, 2.24) is 0 Å². The molecular formula is C15H14BrFN2O. The van der Waals surface area contributed by atoms with Crippen molar-refractivity contribution in [1.29, 1.82) is 0 Å². The third-order valence-corrected chi connectivity index (χ3v) is 3.53. The fourth-order valence-electron chi connectivity index (χ4n) is 1.90. The van der Waals surface area contributed by atoms with Crippen LogP contribution in [0.15, 0.2) is 34.8 Å². The van der Waals surface area contributed by atoms with Gasteiger partial charge in [-0.15, -0.1) is 0 Å². The third kappa shape index (κ3) is 2.99. The quantitative estimate of drug-likeness (QED) is 0.813. The monoisotopic (exact) mass is 336 g/mol. The van der Waals surface area contributed by atoms with Crippen LogP contribution in [0.4, 0.5) is 15.8 Å². The van der Waals surface area contributed by atoms with Crippen molar-refractivity contribution in [3.63, 3.8) is 0 Å². The van der Waals surface area contributed by atoms with Crippen LogP contribution in [-0.4, -0.2) is 5.91 Å². The molecule has 2 aromatic carbocycles. The smallest absolute Gasteiger partial charge is 0.256 e. The highest BCUT2D eigenvalue weighted by Gasteiger charge is 2.13. The van der Waals surface area contributed by atoms with Crippen LogP contribution in [0, 0.1) is 19.7 Å². The number of benzene rings is 2. The summed E-state index contributed by atoms with van der Waals surface area (Å²) in [6.07, 6.45) is 0. The molecule has 104 valence electrons. The zero-order chi connectivity index (χ0) is 14.9. The van der Waals surface area contributed by atoms with Crippen molar-refractivity contribution in [2.75, 3.05) is 11.1 Å². The Labute approximate surface area is 125 Å². The highest BCUT2D eigenvalue weighted by Crippen LogP contribution is 2.23. The van der Waals surface area contributed by atoms with Crippen LogP contribution in [0.1, 0.15) is 21.5 Å². The molecule has 0 saturated heterocycles. The summed E-state index contributed by atoms with van der Waals surface area (Å²) in [6.45, 7) is 3.69. The Morgan fingerprint density at radius 3 is 2.60 bits per heavy atom. The zero-order valence-electron chi connectivity index (χ0n) is 11.1. The van der Waals surface area contributed by atoms with Gasteiger partial charge in [0.05, 0.1) is 5.69 Å². The molecule has 2 aromatic rings. The molecule has 0 bridgehead atoms. The molecule has 5 heteroatoms. The lowest BCUT2D eigenvalue weighted by atomic mass is 10.0. The van der Waals surface area contributed by atoms with Gasteiger partial charge in [0, 0.05) is 15.7 Å². The molecule has 3 N–H and O–H groups in total. The number of halogens is 2. The van der Waals surface area contributed by atoms with Gasteiger partial charge in [-0.05, 0) is 49.2 Å². The van der Waals surface area contributed by atoms with Gasteiger partial charge in [0.25, 0.3) is 5.91 Å². The summed E-state index contributed by atoms with van der Waals surface area (Å²) >= 11 is 3.24. The molecule has 3 nitrogen and oxygen atoms in total. The van der Waals surface area contributed by atoms with Crippen LogP contribution in [-0.2, 0) is 0 Å². The van der Waals surface area contributed by atoms with Crippen molar-refractivity contribution in [2.24, 2.45) is 0 Å². The number of nitrogens with two attached hydrogens (primary N) is 1. The molecule has 0 radical (unpaired) electrons. The average molecular weight is 337 g/mol. The van der Waals surface area contributed by atoms with Crippen LogP contribution in [0.5, 0.6) is 0 Å². The van der Waals surface area contributed by atoms with E-state index in [9.17, 15) is 9.18 Å². The van der Waals surface area contributed by atoms with Crippen LogP contribution in [0.2, 0.25) is 0 Å². The summed E-state index contributed by atoms with van der Waals surface area (Å²) in [4.78, 5) is 12.2. The maximum Gasteiger partial charge on any atom is 0.256 e. The minimum absolute atomic E-state index is 0.128. The van der Waals surface area contributed by atoms with Crippen molar-refractivity contribution in [2.45, 2.75) is 13.8 Å². The molecule has 20 heavy (non-hydrogen) atoms. The van der Waals surface area contributed by atoms with Crippen molar-refractivity contribution >= 4 is 33.2 Å². The van der Waals surface area contributed by atoms with Gasteiger partial charge in [-0.2, -0.15) is 0 Å². The van der Waals surface area contributed by atoms with Crippen molar-refractivity contribution < 1.29 is 9.18 Å². The van der Waals surface area contributed by atoms with E-state index in [4.69, 9.17) is 5.73 Å².